The first-order valence-corrected chi connectivity index (χ1v) is 6.40. The molecule has 7 heteroatoms. The molecule has 1 amide bonds. The first-order valence-electron chi connectivity index (χ1n) is 6.40. The molecule has 0 saturated heterocycles. The van der Waals surface area contributed by atoms with Crippen LogP contribution in [0.1, 0.15) is 60.6 Å². The molecule has 0 unspecified atom stereocenters. The molecule has 2 rings (SSSR count). The van der Waals surface area contributed by atoms with Crippen molar-refractivity contribution in [2.75, 3.05) is 0 Å². The molecule has 0 fully saturated rings. The van der Waals surface area contributed by atoms with Crippen molar-refractivity contribution in [2.45, 2.75) is 39.7 Å². The third-order valence-corrected chi connectivity index (χ3v) is 2.71. The summed E-state index contributed by atoms with van der Waals surface area (Å²) in [7, 11) is 0. The SMILES string of the molecule is Cc1cnc(C(=O)N[C@@H](C)c2nc(C(C)C)no2)cn1. The Kier molecular flexibility index (Phi) is 4.07. The average Bonchev–Trinajstić information content (AvgIpc) is 2.89. The molecule has 0 bridgehead atoms. The smallest absolute Gasteiger partial charge is 0.272 e. The van der Waals surface area contributed by atoms with Gasteiger partial charge in [0.05, 0.1) is 11.9 Å². The van der Waals surface area contributed by atoms with Crippen LogP contribution in [0.4, 0.5) is 0 Å². The van der Waals surface area contributed by atoms with E-state index in [1.54, 1.807) is 13.1 Å². The molecule has 1 atom stereocenters. The first-order chi connectivity index (χ1) is 9.47. The molecule has 106 valence electrons. The van der Waals surface area contributed by atoms with Gasteiger partial charge < -0.3 is 9.84 Å². The molecule has 7 nitrogen and oxygen atoms in total. The zero-order chi connectivity index (χ0) is 14.7. The van der Waals surface area contributed by atoms with Crippen LogP contribution >= 0.6 is 0 Å². The summed E-state index contributed by atoms with van der Waals surface area (Å²) in [6, 6.07) is -0.384. The highest BCUT2D eigenvalue weighted by atomic mass is 16.5. The van der Waals surface area contributed by atoms with E-state index in [9.17, 15) is 4.79 Å². The third kappa shape index (κ3) is 3.17. The fourth-order valence-electron chi connectivity index (χ4n) is 1.50. The second-order valence-corrected chi connectivity index (χ2v) is 4.88. The number of carbonyl (C=O) groups excluding carboxylic acids is 1. The highest BCUT2D eigenvalue weighted by Crippen LogP contribution is 2.15. The molecule has 1 N–H and O–H groups in total. The van der Waals surface area contributed by atoms with Crippen LogP contribution in [0.2, 0.25) is 0 Å². The first kappa shape index (κ1) is 14.1. The van der Waals surface area contributed by atoms with Gasteiger partial charge in [0.25, 0.3) is 5.91 Å². The number of nitrogens with zero attached hydrogens (tertiary/aromatic N) is 4. The standard InChI is InChI=1S/C13H17N5O2/c1-7(2)11-17-13(20-18-11)9(4)16-12(19)10-6-14-8(3)5-15-10/h5-7,9H,1-4H3,(H,16,19)/t9-/m0/s1. The van der Waals surface area contributed by atoms with Crippen LogP contribution in [-0.4, -0.2) is 26.0 Å². The minimum absolute atomic E-state index is 0.179. The van der Waals surface area contributed by atoms with Crippen molar-refractivity contribution in [3.8, 4) is 0 Å². The van der Waals surface area contributed by atoms with Crippen LogP contribution < -0.4 is 5.32 Å². The summed E-state index contributed by atoms with van der Waals surface area (Å²) in [6.45, 7) is 7.53. The Balaban J connectivity index is 2.04. The average molecular weight is 275 g/mol. The Morgan fingerprint density at radius 2 is 2.00 bits per heavy atom. The normalized spacial score (nSPS) is 12.4. The Morgan fingerprint density at radius 3 is 2.55 bits per heavy atom. The van der Waals surface area contributed by atoms with E-state index in [2.05, 4.69) is 25.4 Å². The van der Waals surface area contributed by atoms with E-state index < -0.39 is 0 Å². The molecule has 0 aliphatic heterocycles. The van der Waals surface area contributed by atoms with Gasteiger partial charge in [-0.1, -0.05) is 19.0 Å². The molecule has 20 heavy (non-hydrogen) atoms. The van der Waals surface area contributed by atoms with E-state index in [-0.39, 0.29) is 23.6 Å². The summed E-state index contributed by atoms with van der Waals surface area (Å²) >= 11 is 0. The number of rotatable bonds is 4. The molecule has 0 spiro atoms. The van der Waals surface area contributed by atoms with Gasteiger partial charge in [-0.2, -0.15) is 4.98 Å². The summed E-state index contributed by atoms with van der Waals surface area (Å²) in [5.41, 5.74) is 1.01. The highest BCUT2D eigenvalue weighted by Gasteiger charge is 2.19. The van der Waals surface area contributed by atoms with Gasteiger partial charge in [0.2, 0.25) is 5.89 Å². The molecular formula is C13H17N5O2. The zero-order valence-corrected chi connectivity index (χ0v) is 11.9. The lowest BCUT2D eigenvalue weighted by Gasteiger charge is -2.08. The van der Waals surface area contributed by atoms with Crippen molar-refractivity contribution in [3.05, 3.63) is 35.5 Å². The minimum atomic E-state index is -0.384. The quantitative estimate of drug-likeness (QED) is 0.914. The van der Waals surface area contributed by atoms with Crippen LogP contribution in [0.25, 0.3) is 0 Å². The lowest BCUT2D eigenvalue weighted by atomic mass is 10.2. The molecular weight excluding hydrogens is 258 g/mol. The van der Waals surface area contributed by atoms with Crippen molar-refractivity contribution < 1.29 is 9.32 Å². The lowest BCUT2D eigenvalue weighted by Crippen LogP contribution is -2.27. The van der Waals surface area contributed by atoms with E-state index in [1.807, 2.05) is 20.8 Å². The van der Waals surface area contributed by atoms with Gasteiger partial charge in [-0.05, 0) is 13.8 Å². The monoisotopic (exact) mass is 275 g/mol. The van der Waals surface area contributed by atoms with Gasteiger partial charge in [0.15, 0.2) is 5.82 Å². The van der Waals surface area contributed by atoms with Gasteiger partial charge in [-0.15, -0.1) is 0 Å². The van der Waals surface area contributed by atoms with Crippen molar-refractivity contribution in [3.63, 3.8) is 0 Å². The second-order valence-electron chi connectivity index (χ2n) is 4.88. The van der Waals surface area contributed by atoms with Crippen LogP contribution in [-0.2, 0) is 0 Å². The molecule has 2 aromatic rings. The van der Waals surface area contributed by atoms with E-state index in [1.165, 1.54) is 6.20 Å². The molecule has 0 saturated carbocycles. The predicted molar refractivity (Wildman–Crippen MR) is 71.0 cm³/mol. The number of nitrogens with one attached hydrogen (secondary N) is 1. The summed E-state index contributed by atoms with van der Waals surface area (Å²) in [6.07, 6.45) is 2.98. The fourth-order valence-corrected chi connectivity index (χ4v) is 1.50. The summed E-state index contributed by atoms with van der Waals surface area (Å²) in [5.74, 6) is 0.853. The maximum absolute atomic E-state index is 12.0. The maximum Gasteiger partial charge on any atom is 0.272 e. The Bertz CT molecular complexity index is 591. The molecule has 0 aromatic carbocycles. The summed E-state index contributed by atoms with van der Waals surface area (Å²) < 4.78 is 5.13. The van der Waals surface area contributed by atoms with E-state index in [0.717, 1.165) is 5.69 Å². The third-order valence-electron chi connectivity index (χ3n) is 2.71. The van der Waals surface area contributed by atoms with Crippen molar-refractivity contribution in [1.29, 1.82) is 0 Å². The van der Waals surface area contributed by atoms with E-state index >= 15 is 0 Å². The highest BCUT2D eigenvalue weighted by molar-refractivity contribution is 5.92. The molecule has 2 aromatic heterocycles. The van der Waals surface area contributed by atoms with Crippen LogP contribution in [0, 0.1) is 6.92 Å². The Labute approximate surface area is 116 Å². The maximum atomic E-state index is 12.0. The van der Waals surface area contributed by atoms with Gasteiger partial charge in [-0.25, -0.2) is 4.98 Å². The number of amides is 1. The topological polar surface area (TPSA) is 93.8 Å². The summed E-state index contributed by atoms with van der Waals surface area (Å²) in [4.78, 5) is 24.3. The molecule has 2 heterocycles. The van der Waals surface area contributed by atoms with Gasteiger partial charge in [0.1, 0.15) is 11.7 Å². The number of aromatic nitrogens is 4. The fraction of sp³-hybridized carbons (Fsp3) is 0.462. The Hall–Kier alpha value is -2.31. The van der Waals surface area contributed by atoms with Gasteiger partial charge in [0, 0.05) is 12.1 Å². The van der Waals surface area contributed by atoms with Crippen LogP contribution in [0.15, 0.2) is 16.9 Å². The molecule has 0 aliphatic carbocycles. The zero-order valence-electron chi connectivity index (χ0n) is 11.9. The van der Waals surface area contributed by atoms with Crippen molar-refractivity contribution in [1.82, 2.24) is 25.4 Å². The van der Waals surface area contributed by atoms with Crippen LogP contribution in [0.5, 0.6) is 0 Å². The van der Waals surface area contributed by atoms with Crippen molar-refractivity contribution in [2.24, 2.45) is 0 Å². The number of aryl methyl sites for hydroxylation is 1. The summed E-state index contributed by atoms with van der Waals surface area (Å²) in [5, 5.41) is 6.61. The number of carbonyl (C=O) groups is 1. The lowest BCUT2D eigenvalue weighted by molar-refractivity contribution is 0.0927. The molecule has 0 aliphatic rings. The van der Waals surface area contributed by atoms with Crippen molar-refractivity contribution >= 4 is 5.91 Å². The minimum Gasteiger partial charge on any atom is -0.339 e. The molecule has 0 radical (unpaired) electrons. The second kappa shape index (κ2) is 5.77. The van der Waals surface area contributed by atoms with E-state index in [0.29, 0.717) is 11.7 Å². The van der Waals surface area contributed by atoms with Crippen LogP contribution in [0.3, 0.4) is 0 Å². The van der Waals surface area contributed by atoms with Gasteiger partial charge >= 0.3 is 0 Å². The predicted octanol–water partition coefficient (Wildman–Crippen LogP) is 1.78. The van der Waals surface area contributed by atoms with E-state index in [4.69, 9.17) is 4.52 Å². The van der Waals surface area contributed by atoms with Gasteiger partial charge in [-0.3, -0.25) is 9.78 Å². The largest absolute Gasteiger partial charge is 0.339 e. The number of hydrogen-bond acceptors (Lipinski definition) is 6. The number of hydrogen-bond donors (Lipinski definition) is 1. The Morgan fingerprint density at radius 1 is 1.25 bits per heavy atom.